The molecule has 30 heavy (non-hydrogen) atoms. The number of likely N-dealkylation sites (tertiary alicyclic amines) is 1. The van der Waals surface area contributed by atoms with Crippen molar-refractivity contribution in [3.8, 4) is 0 Å². The fourth-order valence-corrected chi connectivity index (χ4v) is 3.68. The summed E-state index contributed by atoms with van der Waals surface area (Å²) in [5.41, 5.74) is 0.647. The van der Waals surface area contributed by atoms with Crippen LogP contribution in [0.5, 0.6) is 0 Å². The first-order valence-corrected chi connectivity index (χ1v) is 10.8. The maximum absolute atomic E-state index is 13.5. The fourth-order valence-electron chi connectivity index (χ4n) is 3.45. The second kappa shape index (κ2) is 9.12. The zero-order valence-electron chi connectivity index (χ0n) is 17.8. The number of hydrogen-bond donors (Lipinski definition) is 0. The van der Waals surface area contributed by atoms with Gasteiger partial charge < -0.3 is 9.64 Å². The first-order chi connectivity index (χ1) is 14.2. The molecule has 8 heteroatoms. The van der Waals surface area contributed by atoms with Gasteiger partial charge in [-0.25, -0.2) is 14.8 Å². The predicted molar refractivity (Wildman–Crippen MR) is 119 cm³/mol. The van der Waals surface area contributed by atoms with Crippen LogP contribution >= 0.6 is 15.9 Å². The van der Waals surface area contributed by atoms with Crippen molar-refractivity contribution in [2.24, 2.45) is 0 Å². The second-order valence-corrected chi connectivity index (χ2v) is 9.32. The monoisotopic (exact) mass is 474 g/mol. The average molecular weight is 475 g/mol. The van der Waals surface area contributed by atoms with Gasteiger partial charge in [0.1, 0.15) is 17.1 Å². The third-order valence-electron chi connectivity index (χ3n) is 4.79. The lowest BCUT2D eigenvalue weighted by atomic mass is 10.0. The highest BCUT2D eigenvalue weighted by Crippen LogP contribution is 2.27. The van der Waals surface area contributed by atoms with Crippen molar-refractivity contribution in [2.75, 3.05) is 18.0 Å². The third kappa shape index (κ3) is 5.36. The van der Waals surface area contributed by atoms with Crippen molar-refractivity contribution in [3.05, 3.63) is 52.4 Å². The molecular weight excluding hydrogens is 448 g/mol. The van der Waals surface area contributed by atoms with Crippen LogP contribution in [0.2, 0.25) is 0 Å². The van der Waals surface area contributed by atoms with E-state index in [0.717, 1.165) is 22.9 Å². The van der Waals surface area contributed by atoms with Gasteiger partial charge in [-0.2, -0.15) is 0 Å². The number of piperidine rings is 1. The maximum atomic E-state index is 13.5. The van der Waals surface area contributed by atoms with Gasteiger partial charge in [-0.05, 0) is 80.2 Å². The Hall–Kier alpha value is -2.48. The van der Waals surface area contributed by atoms with Crippen LogP contribution in [0.3, 0.4) is 0 Å². The number of rotatable bonds is 3. The summed E-state index contributed by atoms with van der Waals surface area (Å²) in [5.74, 6) is 0.351. The molecule has 160 valence electrons. The number of hydrogen-bond acceptors (Lipinski definition) is 5. The van der Waals surface area contributed by atoms with Crippen LogP contribution in [0.25, 0.3) is 0 Å². The van der Waals surface area contributed by atoms with Crippen molar-refractivity contribution in [2.45, 2.75) is 52.2 Å². The molecule has 0 saturated carbocycles. The molecule has 2 amide bonds. The Morgan fingerprint density at radius 2 is 2.00 bits per heavy atom. The van der Waals surface area contributed by atoms with Crippen LogP contribution in [0.1, 0.15) is 49.7 Å². The van der Waals surface area contributed by atoms with E-state index < -0.39 is 5.60 Å². The molecule has 0 unspecified atom stereocenters. The number of carbonyl (C=O) groups excluding carboxylic acids is 2. The summed E-state index contributed by atoms with van der Waals surface area (Å²) in [6, 6.07) is 7.01. The summed E-state index contributed by atoms with van der Waals surface area (Å²) in [4.78, 5) is 38.2. The molecule has 0 aromatic carbocycles. The standard InChI is InChI=1S/C22H27BrN4O3/c1-15-7-5-11-24-19(15)27(20(28)18-10-9-16(23)13-25-18)17-8-6-12-26(14-17)21(29)30-22(2,3)4/h5,7,9-11,13,17H,6,8,12,14H2,1-4H3/t17-/m1/s1. The molecule has 2 aromatic rings. The zero-order chi connectivity index (χ0) is 21.9. The maximum Gasteiger partial charge on any atom is 0.410 e. The molecule has 0 aliphatic carbocycles. The van der Waals surface area contributed by atoms with E-state index in [1.54, 1.807) is 34.3 Å². The lowest BCUT2D eigenvalue weighted by molar-refractivity contribution is 0.0196. The van der Waals surface area contributed by atoms with Gasteiger partial charge in [0.05, 0.1) is 6.04 Å². The van der Waals surface area contributed by atoms with E-state index in [1.165, 1.54) is 0 Å². The van der Waals surface area contributed by atoms with Crippen LogP contribution in [0.4, 0.5) is 10.6 Å². The Bertz CT molecular complexity index is 911. The molecular formula is C22H27BrN4O3. The summed E-state index contributed by atoms with van der Waals surface area (Å²) in [7, 11) is 0. The van der Waals surface area contributed by atoms with Gasteiger partial charge in [-0.1, -0.05) is 6.07 Å². The van der Waals surface area contributed by atoms with E-state index in [0.29, 0.717) is 24.6 Å². The minimum Gasteiger partial charge on any atom is -0.444 e. The van der Waals surface area contributed by atoms with Crippen molar-refractivity contribution in [3.63, 3.8) is 0 Å². The summed E-state index contributed by atoms with van der Waals surface area (Å²) in [6.07, 6.45) is 4.45. The molecule has 1 atom stereocenters. The average Bonchev–Trinajstić information content (AvgIpc) is 2.69. The van der Waals surface area contributed by atoms with Gasteiger partial charge in [0.15, 0.2) is 0 Å². The Morgan fingerprint density at radius 3 is 2.63 bits per heavy atom. The number of anilines is 1. The van der Waals surface area contributed by atoms with Gasteiger partial charge in [0, 0.05) is 30.0 Å². The van der Waals surface area contributed by atoms with Gasteiger partial charge in [-0.3, -0.25) is 9.69 Å². The molecule has 2 aromatic heterocycles. The van der Waals surface area contributed by atoms with Gasteiger partial charge in [0.25, 0.3) is 5.91 Å². The summed E-state index contributed by atoms with van der Waals surface area (Å²) >= 11 is 3.35. The molecule has 0 spiro atoms. The number of aromatic nitrogens is 2. The minimum atomic E-state index is -0.571. The Kier molecular flexibility index (Phi) is 6.75. The van der Waals surface area contributed by atoms with Crippen molar-refractivity contribution in [1.82, 2.24) is 14.9 Å². The third-order valence-corrected chi connectivity index (χ3v) is 5.26. The van der Waals surface area contributed by atoms with E-state index in [9.17, 15) is 9.59 Å². The number of nitrogens with zero attached hydrogens (tertiary/aromatic N) is 4. The molecule has 1 aliphatic rings. The first-order valence-electron chi connectivity index (χ1n) is 10.0. The number of amides is 2. The molecule has 3 rings (SSSR count). The Labute approximate surface area is 185 Å². The summed E-state index contributed by atoms with van der Waals surface area (Å²) in [6.45, 7) is 8.44. The lowest BCUT2D eigenvalue weighted by Gasteiger charge is -2.39. The lowest BCUT2D eigenvalue weighted by Crippen LogP contribution is -2.53. The summed E-state index contributed by atoms with van der Waals surface area (Å²) in [5, 5.41) is 0. The predicted octanol–water partition coefficient (Wildman–Crippen LogP) is 4.59. The Morgan fingerprint density at radius 1 is 1.23 bits per heavy atom. The number of carbonyl (C=O) groups is 2. The van der Waals surface area contributed by atoms with Gasteiger partial charge >= 0.3 is 6.09 Å². The van der Waals surface area contributed by atoms with E-state index >= 15 is 0 Å². The zero-order valence-corrected chi connectivity index (χ0v) is 19.3. The quantitative estimate of drug-likeness (QED) is 0.649. The highest BCUT2D eigenvalue weighted by Gasteiger charge is 2.35. The highest BCUT2D eigenvalue weighted by molar-refractivity contribution is 9.10. The summed E-state index contributed by atoms with van der Waals surface area (Å²) < 4.78 is 6.34. The number of ether oxygens (including phenoxy) is 1. The van der Waals surface area contributed by atoms with E-state index in [-0.39, 0.29) is 18.0 Å². The number of pyridine rings is 2. The topological polar surface area (TPSA) is 75.6 Å². The SMILES string of the molecule is Cc1cccnc1N(C(=O)c1ccc(Br)cn1)[C@@H]1CCCN(C(=O)OC(C)(C)C)C1. The number of aryl methyl sites for hydroxylation is 1. The van der Waals surface area contributed by atoms with E-state index in [1.807, 2.05) is 39.8 Å². The second-order valence-electron chi connectivity index (χ2n) is 8.40. The van der Waals surface area contributed by atoms with Crippen molar-refractivity contribution >= 4 is 33.7 Å². The first kappa shape index (κ1) is 22.2. The smallest absolute Gasteiger partial charge is 0.410 e. The highest BCUT2D eigenvalue weighted by atomic mass is 79.9. The molecule has 1 aliphatic heterocycles. The number of halogens is 1. The van der Waals surface area contributed by atoms with Crippen LogP contribution in [-0.4, -0.2) is 51.6 Å². The van der Waals surface area contributed by atoms with Gasteiger partial charge in [0.2, 0.25) is 0 Å². The molecule has 0 radical (unpaired) electrons. The van der Waals surface area contributed by atoms with Crippen molar-refractivity contribution in [1.29, 1.82) is 0 Å². The van der Waals surface area contributed by atoms with Crippen LogP contribution in [0, 0.1) is 6.92 Å². The molecule has 0 bridgehead atoms. The minimum absolute atomic E-state index is 0.224. The molecule has 0 N–H and O–H groups in total. The van der Waals surface area contributed by atoms with Crippen LogP contribution in [0.15, 0.2) is 41.1 Å². The van der Waals surface area contributed by atoms with Crippen molar-refractivity contribution < 1.29 is 14.3 Å². The van der Waals surface area contributed by atoms with E-state index in [4.69, 9.17) is 4.74 Å². The fraction of sp³-hybridized carbons (Fsp3) is 0.455. The van der Waals surface area contributed by atoms with Crippen LogP contribution in [-0.2, 0) is 4.74 Å². The van der Waals surface area contributed by atoms with Crippen LogP contribution < -0.4 is 4.90 Å². The largest absolute Gasteiger partial charge is 0.444 e. The van der Waals surface area contributed by atoms with Gasteiger partial charge in [-0.15, -0.1) is 0 Å². The molecule has 7 nitrogen and oxygen atoms in total. The molecule has 3 heterocycles. The molecule has 1 fully saturated rings. The molecule has 1 saturated heterocycles. The Balaban J connectivity index is 1.92. The van der Waals surface area contributed by atoms with E-state index in [2.05, 4.69) is 25.9 Å². The normalized spacial score (nSPS) is 16.8.